The molecular weight excluding hydrogens is 266 g/mol. The van der Waals surface area contributed by atoms with Crippen LogP contribution in [0.2, 0.25) is 0 Å². The second kappa shape index (κ2) is 7.57. The smallest absolute Gasteiger partial charge is 0.328 e. The summed E-state index contributed by atoms with van der Waals surface area (Å²) in [4.78, 5) is 33.6. The van der Waals surface area contributed by atoms with E-state index in [1.807, 2.05) is 0 Å². The lowest BCUT2D eigenvalue weighted by Crippen LogP contribution is -2.42. The van der Waals surface area contributed by atoms with E-state index in [0.717, 1.165) is 4.31 Å². The second-order valence-electron chi connectivity index (χ2n) is 3.24. The van der Waals surface area contributed by atoms with Gasteiger partial charge in [0.2, 0.25) is 11.0 Å². The number of aliphatic hydroxyl groups excluding tert-OH is 1. The summed E-state index contributed by atoms with van der Waals surface area (Å²) in [5.41, 5.74) is 0. The van der Waals surface area contributed by atoms with Crippen molar-refractivity contribution in [3.8, 4) is 0 Å². The summed E-state index contributed by atoms with van der Waals surface area (Å²) < 4.78 is 0.883. The van der Waals surface area contributed by atoms with Gasteiger partial charge in [0.15, 0.2) is 0 Å². The third-order valence-corrected chi connectivity index (χ3v) is 3.61. The van der Waals surface area contributed by atoms with E-state index >= 15 is 0 Å². The number of nitrogens with zero attached hydrogens (tertiary/aromatic N) is 1. The first-order chi connectivity index (χ1) is 7.81. The fourth-order valence-electron chi connectivity index (χ4n) is 0.918. The lowest BCUT2D eigenvalue weighted by Gasteiger charge is -2.25. The Kier molecular flexibility index (Phi) is 7.24. The Morgan fingerprint density at radius 1 is 1.35 bits per heavy atom. The number of carboxylic acid groups (broad SMARTS) is 1. The van der Waals surface area contributed by atoms with Crippen molar-refractivity contribution in [2.24, 2.45) is 0 Å². The predicted molar refractivity (Wildman–Crippen MR) is 66.6 cm³/mol. The number of rotatable bonds is 5. The Labute approximate surface area is 108 Å². The van der Waals surface area contributed by atoms with E-state index in [1.165, 1.54) is 25.6 Å². The SMILES string of the molecule is CSC[C@@H](C(=O)O)N(SC(=O)C(C)O)C(C)=O. The van der Waals surface area contributed by atoms with Crippen LogP contribution in [0.25, 0.3) is 0 Å². The number of hydrogen-bond donors (Lipinski definition) is 2. The molecule has 0 heterocycles. The fourth-order valence-corrected chi connectivity index (χ4v) is 2.39. The minimum atomic E-state index is -1.24. The Bertz CT molecular complexity index is 308. The van der Waals surface area contributed by atoms with Crippen LogP contribution in [-0.4, -0.2) is 55.7 Å². The summed E-state index contributed by atoms with van der Waals surface area (Å²) >= 11 is 1.70. The molecule has 1 amide bonds. The molecule has 0 rings (SSSR count). The summed E-state index contributed by atoms with van der Waals surface area (Å²) in [6.07, 6.45) is 0.459. The largest absolute Gasteiger partial charge is 0.480 e. The summed E-state index contributed by atoms with van der Waals surface area (Å²) in [5, 5.41) is 17.4. The van der Waals surface area contributed by atoms with E-state index in [9.17, 15) is 14.4 Å². The number of aliphatic carboxylic acids is 1. The van der Waals surface area contributed by atoms with Crippen molar-refractivity contribution < 1.29 is 24.6 Å². The van der Waals surface area contributed by atoms with Crippen LogP contribution in [-0.2, 0) is 14.4 Å². The Balaban J connectivity index is 4.87. The Hall–Kier alpha value is -0.730. The molecule has 1 unspecified atom stereocenters. The monoisotopic (exact) mass is 281 g/mol. The number of aliphatic hydroxyl groups is 1. The van der Waals surface area contributed by atoms with Gasteiger partial charge in [-0.3, -0.25) is 13.9 Å². The highest BCUT2D eigenvalue weighted by atomic mass is 32.2. The summed E-state index contributed by atoms with van der Waals surface area (Å²) in [6, 6.07) is -1.09. The molecule has 0 fully saturated rings. The van der Waals surface area contributed by atoms with E-state index in [0.29, 0.717) is 11.9 Å². The molecule has 0 saturated heterocycles. The van der Waals surface area contributed by atoms with Crippen molar-refractivity contribution in [3.63, 3.8) is 0 Å². The minimum Gasteiger partial charge on any atom is -0.480 e. The van der Waals surface area contributed by atoms with Gasteiger partial charge in [-0.1, -0.05) is 0 Å². The zero-order valence-corrected chi connectivity index (χ0v) is 11.4. The number of thioether (sulfide) groups is 1. The Morgan fingerprint density at radius 2 is 1.88 bits per heavy atom. The maximum atomic E-state index is 11.3. The van der Waals surface area contributed by atoms with Gasteiger partial charge in [-0.15, -0.1) is 0 Å². The maximum absolute atomic E-state index is 11.3. The van der Waals surface area contributed by atoms with Gasteiger partial charge in [0, 0.05) is 24.6 Å². The topological polar surface area (TPSA) is 94.9 Å². The summed E-state index contributed by atoms with van der Waals surface area (Å²) in [6.45, 7) is 2.44. The Morgan fingerprint density at radius 3 is 2.18 bits per heavy atom. The van der Waals surface area contributed by atoms with Crippen molar-refractivity contribution in [1.29, 1.82) is 0 Å². The fraction of sp³-hybridized carbons (Fsp3) is 0.667. The molecule has 0 bridgehead atoms. The molecule has 0 spiro atoms. The van der Waals surface area contributed by atoms with Crippen molar-refractivity contribution in [2.75, 3.05) is 12.0 Å². The van der Waals surface area contributed by atoms with Crippen LogP contribution in [0.1, 0.15) is 13.8 Å². The average Bonchev–Trinajstić information content (AvgIpc) is 2.21. The quantitative estimate of drug-likeness (QED) is 0.695. The van der Waals surface area contributed by atoms with E-state index in [-0.39, 0.29) is 5.75 Å². The van der Waals surface area contributed by atoms with Crippen LogP contribution < -0.4 is 0 Å². The molecule has 2 N–H and O–H groups in total. The van der Waals surface area contributed by atoms with Gasteiger partial charge in [0.1, 0.15) is 12.1 Å². The van der Waals surface area contributed by atoms with Crippen LogP contribution in [0, 0.1) is 0 Å². The zero-order valence-electron chi connectivity index (χ0n) is 9.74. The molecule has 0 aromatic carbocycles. The summed E-state index contributed by atoms with van der Waals surface area (Å²) in [5.74, 6) is -1.54. The molecular formula is C9H15NO5S2. The van der Waals surface area contributed by atoms with Crippen molar-refractivity contribution in [3.05, 3.63) is 0 Å². The predicted octanol–water partition coefficient (Wildman–Crippen LogP) is 0.207. The van der Waals surface area contributed by atoms with Gasteiger partial charge in [0.25, 0.3) is 0 Å². The average molecular weight is 281 g/mol. The van der Waals surface area contributed by atoms with Crippen molar-refractivity contribution >= 4 is 40.7 Å². The lowest BCUT2D eigenvalue weighted by molar-refractivity contribution is -0.144. The number of hydrogen-bond acceptors (Lipinski definition) is 6. The molecule has 0 aliphatic carbocycles. The second-order valence-corrected chi connectivity index (χ2v) is 5.13. The molecule has 0 saturated carbocycles. The van der Waals surface area contributed by atoms with E-state index in [4.69, 9.17) is 10.2 Å². The van der Waals surface area contributed by atoms with Crippen LogP contribution >= 0.6 is 23.7 Å². The van der Waals surface area contributed by atoms with Crippen LogP contribution in [0.3, 0.4) is 0 Å². The summed E-state index contributed by atoms with van der Waals surface area (Å²) in [7, 11) is 0. The molecule has 17 heavy (non-hydrogen) atoms. The molecule has 0 aromatic rings. The standard InChI is InChI=1S/C9H15NO5S2/c1-5(11)9(15)17-10(6(2)12)7(4-16-3)8(13)14/h5,7,11H,4H2,1-3H3,(H,13,14)/t5?,7-/m0/s1. The number of amides is 1. The minimum absolute atomic E-state index is 0.176. The number of carbonyl (C=O) groups excluding carboxylic acids is 2. The van der Waals surface area contributed by atoms with Crippen LogP contribution in [0.4, 0.5) is 0 Å². The molecule has 0 aromatic heterocycles. The van der Waals surface area contributed by atoms with E-state index in [1.54, 1.807) is 6.26 Å². The molecule has 98 valence electrons. The highest BCUT2D eigenvalue weighted by Crippen LogP contribution is 2.20. The molecule has 8 heteroatoms. The first-order valence-electron chi connectivity index (χ1n) is 4.72. The lowest BCUT2D eigenvalue weighted by atomic mass is 10.3. The van der Waals surface area contributed by atoms with Crippen molar-refractivity contribution in [1.82, 2.24) is 4.31 Å². The van der Waals surface area contributed by atoms with Crippen LogP contribution in [0.15, 0.2) is 0 Å². The zero-order chi connectivity index (χ0) is 13.6. The highest BCUT2D eigenvalue weighted by molar-refractivity contribution is 8.12. The molecule has 0 radical (unpaired) electrons. The first kappa shape index (κ1) is 16.3. The van der Waals surface area contributed by atoms with Gasteiger partial charge in [-0.25, -0.2) is 4.79 Å². The van der Waals surface area contributed by atoms with Gasteiger partial charge in [-0.05, 0) is 13.2 Å². The molecule has 0 aliphatic heterocycles. The van der Waals surface area contributed by atoms with Crippen molar-refractivity contribution in [2.45, 2.75) is 26.0 Å². The van der Waals surface area contributed by atoms with Gasteiger partial charge >= 0.3 is 5.97 Å². The molecule has 6 nitrogen and oxygen atoms in total. The van der Waals surface area contributed by atoms with Gasteiger partial charge < -0.3 is 10.2 Å². The first-order valence-corrected chi connectivity index (χ1v) is 6.89. The maximum Gasteiger partial charge on any atom is 0.328 e. The normalized spacial score (nSPS) is 13.9. The molecule has 0 aliphatic rings. The van der Waals surface area contributed by atoms with Gasteiger partial charge in [0.05, 0.1) is 0 Å². The van der Waals surface area contributed by atoms with E-state index < -0.39 is 29.1 Å². The number of carboxylic acids is 1. The molecule has 2 atom stereocenters. The van der Waals surface area contributed by atoms with Gasteiger partial charge in [-0.2, -0.15) is 11.8 Å². The highest BCUT2D eigenvalue weighted by Gasteiger charge is 2.31. The number of carbonyl (C=O) groups is 3. The third kappa shape index (κ3) is 5.42. The van der Waals surface area contributed by atoms with E-state index in [2.05, 4.69) is 0 Å². The van der Waals surface area contributed by atoms with Crippen LogP contribution in [0.5, 0.6) is 0 Å². The third-order valence-electron chi connectivity index (χ3n) is 1.73.